The molecule has 0 aliphatic heterocycles. The SMILES string of the molecule is CCCCCC(CC)OC(=O)C(Cc1ccc(OC)cc1)c1ccccc1. The highest BCUT2D eigenvalue weighted by atomic mass is 16.5. The predicted molar refractivity (Wildman–Crippen MR) is 110 cm³/mol. The molecule has 0 fully saturated rings. The van der Waals surface area contributed by atoms with Gasteiger partial charge in [-0.15, -0.1) is 0 Å². The van der Waals surface area contributed by atoms with Crippen molar-refractivity contribution in [3.63, 3.8) is 0 Å². The highest BCUT2D eigenvalue weighted by Gasteiger charge is 2.25. The zero-order chi connectivity index (χ0) is 19.5. The summed E-state index contributed by atoms with van der Waals surface area (Å²) in [6.07, 6.45) is 5.90. The van der Waals surface area contributed by atoms with E-state index in [0.29, 0.717) is 6.42 Å². The standard InChI is InChI=1S/C24H32O3/c1-4-6-8-13-21(5-2)27-24(25)23(20-11-9-7-10-12-20)18-19-14-16-22(26-3)17-15-19/h7,9-12,14-17,21,23H,4-6,8,13,18H2,1-3H3. The van der Waals surface area contributed by atoms with Crippen molar-refractivity contribution in [1.29, 1.82) is 0 Å². The molecule has 2 rings (SSSR count). The molecule has 2 unspecified atom stereocenters. The van der Waals surface area contributed by atoms with Crippen LogP contribution in [0.3, 0.4) is 0 Å². The third-order valence-corrected chi connectivity index (χ3v) is 4.95. The van der Waals surface area contributed by atoms with E-state index >= 15 is 0 Å². The minimum absolute atomic E-state index is 0.00568. The Morgan fingerprint density at radius 1 is 0.963 bits per heavy atom. The molecule has 0 saturated heterocycles. The van der Waals surface area contributed by atoms with Crippen molar-refractivity contribution in [2.75, 3.05) is 7.11 Å². The predicted octanol–water partition coefficient (Wildman–Crippen LogP) is 5.92. The summed E-state index contributed by atoms with van der Waals surface area (Å²) in [5.41, 5.74) is 2.10. The molecule has 146 valence electrons. The smallest absolute Gasteiger partial charge is 0.314 e. The van der Waals surface area contributed by atoms with Gasteiger partial charge in [0, 0.05) is 0 Å². The number of carbonyl (C=O) groups is 1. The monoisotopic (exact) mass is 368 g/mol. The lowest BCUT2D eigenvalue weighted by Gasteiger charge is -2.22. The summed E-state index contributed by atoms with van der Waals surface area (Å²) in [5, 5.41) is 0. The second kappa shape index (κ2) is 11.4. The van der Waals surface area contributed by atoms with Crippen LogP contribution < -0.4 is 4.74 Å². The fourth-order valence-corrected chi connectivity index (χ4v) is 3.23. The molecule has 3 heteroatoms. The summed E-state index contributed by atoms with van der Waals surface area (Å²) < 4.78 is 11.1. The van der Waals surface area contributed by atoms with Crippen molar-refractivity contribution >= 4 is 5.97 Å². The summed E-state index contributed by atoms with van der Waals surface area (Å²) >= 11 is 0. The Bertz CT molecular complexity index is 664. The fourth-order valence-electron chi connectivity index (χ4n) is 3.23. The number of ether oxygens (including phenoxy) is 2. The number of unbranched alkanes of at least 4 members (excludes halogenated alkanes) is 2. The number of carbonyl (C=O) groups excluding carboxylic acids is 1. The molecule has 2 atom stereocenters. The molecule has 27 heavy (non-hydrogen) atoms. The van der Waals surface area contributed by atoms with Gasteiger partial charge in [-0.1, -0.05) is 69.2 Å². The lowest BCUT2D eigenvalue weighted by atomic mass is 9.92. The maximum Gasteiger partial charge on any atom is 0.314 e. The average molecular weight is 369 g/mol. The van der Waals surface area contributed by atoms with Crippen LogP contribution in [0, 0.1) is 0 Å². The molecule has 3 nitrogen and oxygen atoms in total. The molecule has 0 spiro atoms. The van der Waals surface area contributed by atoms with Crippen LogP contribution in [0.5, 0.6) is 5.75 Å². The molecule has 0 aromatic heterocycles. The van der Waals surface area contributed by atoms with E-state index in [4.69, 9.17) is 9.47 Å². The Morgan fingerprint density at radius 3 is 2.26 bits per heavy atom. The highest BCUT2D eigenvalue weighted by Crippen LogP contribution is 2.25. The maximum atomic E-state index is 13.0. The Balaban J connectivity index is 2.12. The third kappa shape index (κ3) is 6.74. The molecule has 0 radical (unpaired) electrons. The zero-order valence-electron chi connectivity index (χ0n) is 16.8. The van der Waals surface area contributed by atoms with Gasteiger partial charge in [0.25, 0.3) is 0 Å². The lowest BCUT2D eigenvalue weighted by molar-refractivity contribution is -0.151. The van der Waals surface area contributed by atoms with Crippen LogP contribution in [0.4, 0.5) is 0 Å². The summed E-state index contributed by atoms with van der Waals surface area (Å²) in [5.74, 6) is 0.403. The Hall–Kier alpha value is -2.29. The Morgan fingerprint density at radius 2 is 1.67 bits per heavy atom. The zero-order valence-corrected chi connectivity index (χ0v) is 16.8. The van der Waals surface area contributed by atoms with Crippen LogP contribution >= 0.6 is 0 Å². The first-order chi connectivity index (χ1) is 13.2. The molecular weight excluding hydrogens is 336 g/mol. The van der Waals surface area contributed by atoms with Crippen LogP contribution in [-0.4, -0.2) is 19.2 Å². The number of esters is 1. The van der Waals surface area contributed by atoms with Crippen molar-refractivity contribution in [3.05, 3.63) is 65.7 Å². The van der Waals surface area contributed by atoms with E-state index in [1.54, 1.807) is 7.11 Å². The van der Waals surface area contributed by atoms with Crippen molar-refractivity contribution in [1.82, 2.24) is 0 Å². The number of hydrogen-bond acceptors (Lipinski definition) is 3. The van der Waals surface area contributed by atoms with E-state index in [1.807, 2.05) is 54.6 Å². The molecule has 2 aromatic carbocycles. The van der Waals surface area contributed by atoms with Gasteiger partial charge in [0.2, 0.25) is 0 Å². The average Bonchev–Trinajstić information content (AvgIpc) is 2.72. The molecule has 0 N–H and O–H groups in total. The van der Waals surface area contributed by atoms with Crippen molar-refractivity contribution in [2.45, 2.75) is 64.4 Å². The van der Waals surface area contributed by atoms with Gasteiger partial charge in [-0.05, 0) is 48.9 Å². The van der Waals surface area contributed by atoms with Crippen LogP contribution in [0.25, 0.3) is 0 Å². The normalized spacial score (nSPS) is 13.0. The Labute approximate surface area is 163 Å². The first-order valence-corrected chi connectivity index (χ1v) is 10.1. The molecule has 0 amide bonds. The van der Waals surface area contributed by atoms with Crippen LogP contribution in [-0.2, 0) is 16.0 Å². The van der Waals surface area contributed by atoms with Crippen molar-refractivity contribution in [3.8, 4) is 5.75 Å². The lowest BCUT2D eigenvalue weighted by Crippen LogP contribution is -2.24. The largest absolute Gasteiger partial charge is 0.497 e. The third-order valence-electron chi connectivity index (χ3n) is 4.95. The number of rotatable bonds is 11. The van der Waals surface area contributed by atoms with Gasteiger partial charge in [-0.2, -0.15) is 0 Å². The molecule has 0 saturated carbocycles. The minimum Gasteiger partial charge on any atom is -0.497 e. The van der Waals surface area contributed by atoms with E-state index in [0.717, 1.165) is 36.1 Å². The van der Waals surface area contributed by atoms with Gasteiger partial charge in [0.05, 0.1) is 13.0 Å². The van der Waals surface area contributed by atoms with Crippen LogP contribution in [0.2, 0.25) is 0 Å². The van der Waals surface area contributed by atoms with E-state index in [1.165, 1.54) is 12.8 Å². The molecule has 0 heterocycles. The molecule has 2 aromatic rings. The number of methoxy groups -OCH3 is 1. The van der Waals surface area contributed by atoms with E-state index in [9.17, 15) is 4.79 Å². The summed E-state index contributed by atoms with van der Waals surface area (Å²) in [7, 11) is 1.66. The molecule has 0 aliphatic carbocycles. The Kier molecular flexibility index (Phi) is 8.90. The van der Waals surface area contributed by atoms with Crippen molar-refractivity contribution in [2.24, 2.45) is 0 Å². The van der Waals surface area contributed by atoms with E-state index in [2.05, 4.69) is 13.8 Å². The quantitative estimate of drug-likeness (QED) is 0.364. The highest BCUT2D eigenvalue weighted by molar-refractivity contribution is 5.78. The minimum atomic E-state index is -0.292. The van der Waals surface area contributed by atoms with Crippen LogP contribution in [0.1, 0.15) is 63.0 Å². The maximum absolute atomic E-state index is 13.0. The van der Waals surface area contributed by atoms with E-state index < -0.39 is 0 Å². The molecule has 0 aliphatic rings. The first kappa shape index (κ1) is 21.0. The van der Waals surface area contributed by atoms with Crippen molar-refractivity contribution < 1.29 is 14.3 Å². The number of benzene rings is 2. The van der Waals surface area contributed by atoms with E-state index in [-0.39, 0.29) is 18.0 Å². The topological polar surface area (TPSA) is 35.5 Å². The second-order valence-corrected chi connectivity index (χ2v) is 6.98. The first-order valence-electron chi connectivity index (χ1n) is 10.1. The van der Waals surface area contributed by atoms with Gasteiger partial charge < -0.3 is 9.47 Å². The van der Waals surface area contributed by atoms with Gasteiger partial charge in [0.15, 0.2) is 0 Å². The van der Waals surface area contributed by atoms with Gasteiger partial charge in [-0.25, -0.2) is 0 Å². The summed E-state index contributed by atoms with van der Waals surface area (Å²) in [6.45, 7) is 4.28. The summed E-state index contributed by atoms with van der Waals surface area (Å²) in [4.78, 5) is 13.0. The van der Waals surface area contributed by atoms with Gasteiger partial charge >= 0.3 is 5.97 Å². The van der Waals surface area contributed by atoms with Crippen LogP contribution in [0.15, 0.2) is 54.6 Å². The molecule has 0 bridgehead atoms. The summed E-state index contributed by atoms with van der Waals surface area (Å²) in [6, 6.07) is 17.8. The number of hydrogen-bond donors (Lipinski definition) is 0. The van der Waals surface area contributed by atoms with Gasteiger partial charge in [-0.3, -0.25) is 4.79 Å². The second-order valence-electron chi connectivity index (χ2n) is 6.98. The van der Waals surface area contributed by atoms with Gasteiger partial charge in [0.1, 0.15) is 11.9 Å². The fraction of sp³-hybridized carbons (Fsp3) is 0.458. The molecular formula is C24H32O3.